The molecule has 1 heterocycles. The van der Waals surface area contributed by atoms with Gasteiger partial charge >= 0.3 is 0 Å². The fourth-order valence-corrected chi connectivity index (χ4v) is 4.27. The topological polar surface area (TPSA) is 130 Å². The molecule has 11 heteroatoms. The van der Waals surface area contributed by atoms with Gasteiger partial charge in [0, 0.05) is 11.8 Å². The zero-order valence-electron chi connectivity index (χ0n) is 17.4. The zero-order chi connectivity index (χ0) is 23.1. The van der Waals surface area contributed by atoms with Crippen LogP contribution in [0.25, 0.3) is 0 Å². The molecule has 9 nitrogen and oxygen atoms in total. The van der Waals surface area contributed by atoms with Gasteiger partial charge in [0.05, 0.1) is 17.3 Å². The van der Waals surface area contributed by atoms with Crippen LogP contribution in [0.4, 0.5) is 11.5 Å². The summed E-state index contributed by atoms with van der Waals surface area (Å²) in [6.07, 6.45) is 0. The molecule has 0 spiro atoms. The fourth-order valence-electron chi connectivity index (χ4n) is 2.60. The number of nitrogens with one attached hydrogen (secondary N) is 3. The number of hydrogen-bond acceptors (Lipinski definition) is 7. The van der Waals surface area contributed by atoms with Crippen LogP contribution < -0.4 is 20.3 Å². The average Bonchev–Trinajstić information content (AvgIpc) is 2.73. The smallest absolute Gasteiger partial charge is 0.263 e. The van der Waals surface area contributed by atoms with Gasteiger partial charge < -0.3 is 15.0 Å². The summed E-state index contributed by atoms with van der Waals surface area (Å²) >= 11 is 0.973. The zero-order valence-corrected chi connectivity index (χ0v) is 19.0. The van der Waals surface area contributed by atoms with Crippen molar-refractivity contribution in [1.29, 1.82) is 0 Å². The van der Waals surface area contributed by atoms with Gasteiger partial charge in [-0.15, -0.1) is 0 Å². The lowest BCUT2D eigenvalue weighted by Crippen LogP contribution is -2.18. The Bertz CT molecular complexity index is 1240. The molecule has 0 fully saturated rings. The molecule has 0 bridgehead atoms. The van der Waals surface area contributed by atoms with Crippen LogP contribution in [0.15, 0.2) is 69.4 Å². The van der Waals surface area contributed by atoms with E-state index in [0.29, 0.717) is 18.0 Å². The van der Waals surface area contributed by atoms with Gasteiger partial charge in [-0.25, -0.2) is 13.4 Å². The third-order valence-electron chi connectivity index (χ3n) is 4.08. The lowest BCUT2D eigenvalue weighted by atomic mass is 10.2. The first-order valence-corrected chi connectivity index (χ1v) is 12.1. The number of H-pyrrole nitrogens is 1. The number of hydrogen-bond donors (Lipinski definition) is 3. The first kappa shape index (κ1) is 23.4. The highest BCUT2D eigenvalue weighted by Gasteiger charge is 2.16. The van der Waals surface area contributed by atoms with Crippen molar-refractivity contribution >= 4 is 39.2 Å². The monoisotopic (exact) mass is 474 g/mol. The van der Waals surface area contributed by atoms with Crippen LogP contribution in [0.5, 0.6) is 5.75 Å². The minimum Gasteiger partial charge on any atom is -0.494 e. The summed E-state index contributed by atoms with van der Waals surface area (Å²) in [5.41, 5.74) is 0.969. The van der Waals surface area contributed by atoms with Crippen LogP contribution in [0.2, 0.25) is 0 Å². The maximum atomic E-state index is 12.5. The van der Waals surface area contributed by atoms with Gasteiger partial charge in [0.1, 0.15) is 11.6 Å². The van der Waals surface area contributed by atoms with Crippen molar-refractivity contribution in [2.45, 2.75) is 23.9 Å². The molecule has 168 valence electrons. The van der Waals surface area contributed by atoms with E-state index >= 15 is 0 Å². The highest BCUT2D eigenvalue weighted by Crippen LogP contribution is 2.19. The second-order valence-electron chi connectivity index (χ2n) is 6.65. The number of rotatable bonds is 9. The second kappa shape index (κ2) is 10.3. The molecule has 0 aliphatic heterocycles. The van der Waals surface area contributed by atoms with Crippen LogP contribution in [-0.2, 0) is 14.8 Å². The van der Waals surface area contributed by atoms with Crippen molar-refractivity contribution in [3.05, 3.63) is 70.5 Å². The first-order chi connectivity index (χ1) is 15.2. The molecule has 1 amide bonds. The van der Waals surface area contributed by atoms with E-state index in [9.17, 15) is 18.0 Å². The number of benzene rings is 2. The van der Waals surface area contributed by atoms with Crippen molar-refractivity contribution in [1.82, 2.24) is 9.97 Å². The normalized spacial score (nSPS) is 11.1. The molecule has 0 aliphatic rings. The first-order valence-electron chi connectivity index (χ1n) is 9.61. The number of sulfonamides is 1. The van der Waals surface area contributed by atoms with E-state index in [1.807, 2.05) is 13.8 Å². The van der Waals surface area contributed by atoms with Crippen LogP contribution in [0.3, 0.4) is 0 Å². The molecule has 1 aromatic heterocycles. The minimum atomic E-state index is -3.91. The van der Waals surface area contributed by atoms with Gasteiger partial charge in [-0.3, -0.25) is 14.3 Å². The van der Waals surface area contributed by atoms with E-state index < -0.39 is 15.6 Å². The third-order valence-corrected chi connectivity index (χ3v) is 6.32. The molecular weight excluding hydrogens is 452 g/mol. The van der Waals surface area contributed by atoms with Crippen molar-refractivity contribution in [2.75, 3.05) is 22.4 Å². The van der Waals surface area contributed by atoms with Crippen LogP contribution >= 0.6 is 11.8 Å². The SMILES string of the molecule is CCOc1ccc(NC(=O)CSc2nc(NS(=O)(=O)c3ccc(C)cc3)cc(=O)[nH]2)cc1. The maximum Gasteiger partial charge on any atom is 0.263 e. The largest absolute Gasteiger partial charge is 0.494 e. The third kappa shape index (κ3) is 6.59. The van der Waals surface area contributed by atoms with E-state index in [2.05, 4.69) is 20.0 Å². The predicted octanol–water partition coefficient (Wildman–Crippen LogP) is 3.01. The number of aromatic amines is 1. The molecule has 32 heavy (non-hydrogen) atoms. The predicted molar refractivity (Wildman–Crippen MR) is 124 cm³/mol. The highest BCUT2D eigenvalue weighted by molar-refractivity contribution is 7.99. The number of aryl methyl sites for hydroxylation is 1. The van der Waals surface area contributed by atoms with Crippen molar-refractivity contribution in [2.24, 2.45) is 0 Å². The lowest BCUT2D eigenvalue weighted by Gasteiger charge is -2.09. The second-order valence-corrected chi connectivity index (χ2v) is 9.30. The molecular formula is C21H22N4O5S2. The highest BCUT2D eigenvalue weighted by atomic mass is 32.2. The molecule has 3 rings (SSSR count). The summed E-state index contributed by atoms with van der Waals surface area (Å²) < 4.78 is 32.7. The Morgan fingerprint density at radius 2 is 1.81 bits per heavy atom. The van der Waals surface area contributed by atoms with Crippen LogP contribution in [0.1, 0.15) is 12.5 Å². The average molecular weight is 475 g/mol. The van der Waals surface area contributed by atoms with E-state index in [1.165, 1.54) is 12.1 Å². The molecule has 0 saturated carbocycles. The van der Waals surface area contributed by atoms with Gasteiger partial charge in [0.25, 0.3) is 15.6 Å². The Kier molecular flexibility index (Phi) is 7.54. The van der Waals surface area contributed by atoms with Crippen LogP contribution in [-0.4, -0.2) is 36.7 Å². The summed E-state index contributed by atoms with van der Waals surface area (Å²) in [6, 6.07) is 14.2. The lowest BCUT2D eigenvalue weighted by molar-refractivity contribution is -0.113. The van der Waals surface area contributed by atoms with Gasteiger partial charge in [-0.1, -0.05) is 29.5 Å². The quantitative estimate of drug-likeness (QED) is 0.321. The Hall–Kier alpha value is -3.31. The van der Waals surface area contributed by atoms with Crippen molar-refractivity contribution in [3.8, 4) is 5.75 Å². The number of thioether (sulfide) groups is 1. The van der Waals surface area contributed by atoms with Gasteiger partial charge in [-0.05, 0) is 50.2 Å². The van der Waals surface area contributed by atoms with Crippen molar-refractivity contribution in [3.63, 3.8) is 0 Å². The minimum absolute atomic E-state index is 0.0374. The Morgan fingerprint density at radius 1 is 1.12 bits per heavy atom. The number of amides is 1. The summed E-state index contributed by atoms with van der Waals surface area (Å²) in [7, 11) is -3.91. The molecule has 0 radical (unpaired) electrons. The summed E-state index contributed by atoms with van der Waals surface area (Å²) in [5.74, 6) is 0.215. The molecule has 0 atom stereocenters. The summed E-state index contributed by atoms with van der Waals surface area (Å²) in [5, 5.41) is 2.84. The van der Waals surface area contributed by atoms with E-state index in [0.717, 1.165) is 23.4 Å². The number of carbonyl (C=O) groups excluding carboxylic acids is 1. The van der Waals surface area contributed by atoms with Crippen LogP contribution in [0, 0.1) is 6.92 Å². The number of anilines is 2. The number of aromatic nitrogens is 2. The molecule has 0 aliphatic carbocycles. The van der Waals surface area contributed by atoms with Gasteiger partial charge in [0.2, 0.25) is 5.91 Å². The fraction of sp³-hybridized carbons (Fsp3) is 0.190. The number of carbonyl (C=O) groups is 1. The van der Waals surface area contributed by atoms with E-state index in [1.54, 1.807) is 36.4 Å². The molecule has 2 aromatic carbocycles. The molecule has 3 aromatic rings. The molecule has 0 unspecified atom stereocenters. The van der Waals surface area contributed by atoms with Gasteiger partial charge in [0.15, 0.2) is 5.16 Å². The number of ether oxygens (including phenoxy) is 1. The Labute approximate surface area is 189 Å². The Balaban J connectivity index is 1.63. The number of nitrogens with zero attached hydrogens (tertiary/aromatic N) is 1. The summed E-state index contributed by atoms with van der Waals surface area (Å²) in [6.45, 7) is 4.28. The van der Waals surface area contributed by atoms with Gasteiger partial charge in [-0.2, -0.15) is 0 Å². The van der Waals surface area contributed by atoms with E-state index in [-0.39, 0.29) is 27.5 Å². The standard InChI is InChI=1S/C21H22N4O5S2/c1-3-30-16-8-6-15(7-9-16)22-20(27)13-31-21-23-18(12-19(26)24-21)25-32(28,29)17-10-4-14(2)5-11-17/h4-12H,3,13H2,1-2H3,(H,22,27)(H2,23,24,25,26). The Morgan fingerprint density at radius 3 is 2.47 bits per heavy atom. The van der Waals surface area contributed by atoms with Crippen molar-refractivity contribution < 1.29 is 17.9 Å². The summed E-state index contributed by atoms with van der Waals surface area (Å²) in [4.78, 5) is 30.8. The van der Waals surface area contributed by atoms with E-state index in [4.69, 9.17) is 4.74 Å². The maximum absolute atomic E-state index is 12.5. The molecule has 0 saturated heterocycles. The molecule has 3 N–H and O–H groups in total.